The fourth-order valence-electron chi connectivity index (χ4n) is 1.65. The van der Waals surface area contributed by atoms with Gasteiger partial charge >= 0.3 is 5.69 Å². The minimum atomic E-state index is -0.304. The lowest BCUT2D eigenvalue weighted by molar-refractivity contribution is 0.608. The van der Waals surface area contributed by atoms with Gasteiger partial charge in [-0.15, -0.1) is 0 Å². The number of hydrogen-bond donors (Lipinski definition) is 1. The Labute approximate surface area is 88.1 Å². The monoisotopic (exact) mass is 211 g/mol. The molecule has 5 nitrogen and oxygen atoms in total. The van der Waals surface area contributed by atoms with Crippen LogP contribution in [0.25, 0.3) is 0 Å². The predicted octanol–water partition coefficient (Wildman–Crippen LogP) is -0.718. The lowest BCUT2D eigenvalue weighted by Gasteiger charge is -2.14. The lowest BCUT2D eigenvalue weighted by atomic mass is 10.1. The molecular weight excluding hydrogens is 194 g/mol. The SMILES string of the molecule is Cc1c(CC(C)N)n(C)c(=O)n(C)c1=O. The van der Waals surface area contributed by atoms with Gasteiger partial charge in [0.2, 0.25) is 0 Å². The quantitative estimate of drug-likeness (QED) is 0.702. The molecule has 84 valence electrons. The summed E-state index contributed by atoms with van der Waals surface area (Å²) >= 11 is 0. The largest absolute Gasteiger partial charge is 0.330 e. The van der Waals surface area contributed by atoms with Gasteiger partial charge in [-0.2, -0.15) is 0 Å². The summed E-state index contributed by atoms with van der Waals surface area (Å²) in [7, 11) is 3.14. The van der Waals surface area contributed by atoms with Crippen molar-refractivity contribution in [2.75, 3.05) is 0 Å². The summed E-state index contributed by atoms with van der Waals surface area (Å²) in [6.45, 7) is 3.57. The molecule has 0 saturated carbocycles. The van der Waals surface area contributed by atoms with Gasteiger partial charge in [-0.05, 0) is 13.8 Å². The first-order chi connectivity index (χ1) is 6.86. The van der Waals surface area contributed by atoms with Gasteiger partial charge in [0, 0.05) is 37.8 Å². The molecule has 5 heteroatoms. The molecule has 1 aromatic heterocycles. The molecule has 0 radical (unpaired) electrons. The van der Waals surface area contributed by atoms with Crippen LogP contribution in [0.3, 0.4) is 0 Å². The Hall–Kier alpha value is -1.36. The molecule has 0 aromatic carbocycles. The molecule has 0 aliphatic heterocycles. The summed E-state index contributed by atoms with van der Waals surface area (Å²) in [5, 5.41) is 0. The van der Waals surface area contributed by atoms with Crippen LogP contribution in [0.15, 0.2) is 9.59 Å². The van der Waals surface area contributed by atoms with E-state index in [1.807, 2.05) is 6.92 Å². The summed E-state index contributed by atoms with van der Waals surface area (Å²) in [4.78, 5) is 23.3. The van der Waals surface area contributed by atoms with Crippen LogP contribution in [0.2, 0.25) is 0 Å². The van der Waals surface area contributed by atoms with Crippen LogP contribution in [0.1, 0.15) is 18.2 Å². The molecule has 1 atom stereocenters. The van der Waals surface area contributed by atoms with Crippen molar-refractivity contribution in [1.29, 1.82) is 0 Å². The van der Waals surface area contributed by atoms with Crippen LogP contribution >= 0.6 is 0 Å². The molecule has 1 rings (SSSR count). The Kier molecular flexibility index (Phi) is 3.14. The van der Waals surface area contributed by atoms with Crippen LogP contribution in [0.5, 0.6) is 0 Å². The Bertz CT molecular complexity index is 445. The first-order valence-corrected chi connectivity index (χ1v) is 4.87. The molecule has 0 saturated heterocycles. The van der Waals surface area contributed by atoms with Crippen molar-refractivity contribution in [3.8, 4) is 0 Å². The van der Waals surface area contributed by atoms with E-state index < -0.39 is 0 Å². The first kappa shape index (κ1) is 11.7. The summed E-state index contributed by atoms with van der Waals surface area (Å²) in [5.41, 5.74) is 6.44. The van der Waals surface area contributed by atoms with Crippen molar-refractivity contribution >= 4 is 0 Å². The predicted molar refractivity (Wildman–Crippen MR) is 59.0 cm³/mol. The third-order valence-electron chi connectivity index (χ3n) is 2.55. The Morgan fingerprint density at radius 3 is 2.27 bits per heavy atom. The van der Waals surface area contributed by atoms with E-state index >= 15 is 0 Å². The maximum Gasteiger partial charge on any atom is 0.330 e. The fourth-order valence-corrected chi connectivity index (χ4v) is 1.65. The normalized spacial score (nSPS) is 12.9. The zero-order chi connectivity index (χ0) is 11.7. The van der Waals surface area contributed by atoms with E-state index in [1.165, 1.54) is 11.6 Å². The first-order valence-electron chi connectivity index (χ1n) is 4.87. The number of rotatable bonds is 2. The fraction of sp³-hybridized carbons (Fsp3) is 0.600. The number of nitrogens with zero attached hydrogens (tertiary/aromatic N) is 2. The second kappa shape index (κ2) is 4.02. The molecule has 0 bridgehead atoms. The van der Waals surface area contributed by atoms with Crippen molar-refractivity contribution in [2.45, 2.75) is 26.3 Å². The van der Waals surface area contributed by atoms with Crippen molar-refractivity contribution in [3.05, 3.63) is 32.1 Å². The average molecular weight is 211 g/mol. The van der Waals surface area contributed by atoms with Crippen LogP contribution in [-0.2, 0) is 20.5 Å². The standard InChI is InChI=1S/C10H17N3O2/c1-6(11)5-8-7(2)9(14)13(4)10(15)12(8)3/h6H,5,11H2,1-4H3. The maximum atomic E-state index is 11.7. The highest BCUT2D eigenvalue weighted by Gasteiger charge is 2.12. The Morgan fingerprint density at radius 1 is 1.27 bits per heavy atom. The van der Waals surface area contributed by atoms with Crippen molar-refractivity contribution in [2.24, 2.45) is 19.8 Å². The molecule has 0 fully saturated rings. The third kappa shape index (κ3) is 2.02. The van der Waals surface area contributed by atoms with E-state index in [4.69, 9.17) is 5.73 Å². The van der Waals surface area contributed by atoms with Gasteiger partial charge in [0.1, 0.15) is 0 Å². The highest BCUT2D eigenvalue weighted by atomic mass is 16.2. The smallest absolute Gasteiger partial charge is 0.328 e. The Balaban J connectivity index is 3.53. The average Bonchev–Trinajstić information content (AvgIpc) is 2.18. The molecule has 0 aliphatic rings. The minimum absolute atomic E-state index is 0.0681. The van der Waals surface area contributed by atoms with Crippen molar-refractivity contribution in [3.63, 3.8) is 0 Å². The van der Waals surface area contributed by atoms with E-state index in [2.05, 4.69) is 0 Å². The van der Waals surface area contributed by atoms with Gasteiger partial charge in [-0.25, -0.2) is 4.79 Å². The summed E-state index contributed by atoms with van der Waals surface area (Å²) in [6, 6.07) is -0.0681. The van der Waals surface area contributed by atoms with Gasteiger partial charge in [0.15, 0.2) is 0 Å². The van der Waals surface area contributed by atoms with Crippen LogP contribution in [0, 0.1) is 6.92 Å². The highest BCUT2D eigenvalue weighted by Crippen LogP contribution is 2.02. The zero-order valence-electron chi connectivity index (χ0n) is 9.57. The van der Waals surface area contributed by atoms with Crippen LogP contribution < -0.4 is 17.0 Å². The van der Waals surface area contributed by atoms with Gasteiger partial charge in [-0.3, -0.25) is 9.36 Å². The minimum Gasteiger partial charge on any atom is -0.328 e. The summed E-state index contributed by atoms with van der Waals surface area (Å²) in [5.74, 6) is 0. The highest BCUT2D eigenvalue weighted by molar-refractivity contribution is 5.17. The molecule has 1 unspecified atom stereocenters. The molecule has 0 spiro atoms. The van der Waals surface area contributed by atoms with E-state index in [0.29, 0.717) is 12.0 Å². The molecule has 0 aliphatic carbocycles. The van der Waals surface area contributed by atoms with Gasteiger partial charge in [0.25, 0.3) is 5.56 Å². The molecule has 1 aromatic rings. The van der Waals surface area contributed by atoms with E-state index in [0.717, 1.165) is 10.3 Å². The van der Waals surface area contributed by atoms with E-state index in [-0.39, 0.29) is 17.3 Å². The van der Waals surface area contributed by atoms with Crippen LogP contribution in [-0.4, -0.2) is 15.2 Å². The Morgan fingerprint density at radius 2 is 1.80 bits per heavy atom. The maximum absolute atomic E-state index is 11.7. The number of aromatic nitrogens is 2. The van der Waals surface area contributed by atoms with Gasteiger partial charge in [0.05, 0.1) is 0 Å². The second-order valence-corrected chi connectivity index (χ2v) is 3.96. The van der Waals surface area contributed by atoms with E-state index in [9.17, 15) is 9.59 Å². The molecule has 0 amide bonds. The molecule has 2 N–H and O–H groups in total. The lowest BCUT2D eigenvalue weighted by Crippen LogP contribution is -2.41. The van der Waals surface area contributed by atoms with Crippen molar-refractivity contribution in [1.82, 2.24) is 9.13 Å². The van der Waals surface area contributed by atoms with E-state index in [1.54, 1.807) is 14.0 Å². The molecule has 1 heterocycles. The van der Waals surface area contributed by atoms with Gasteiger partial charge in [-0.1, -0.05) is 0 Å². The molecule has 15 heavy (non-hydrogen) atoms. The summed E-state index contributed by atoms with van der Waals surface area (Å²) < 4.78 is 2.60. The zero-order valence-corrected chi connectivity index (χ0v) is 9.57. The number of nitrogens with two attached hydrogens (primary N) is 1. The van der Waals surface area contributed by atoms with Gasteiger partial charge < -0.3 is 10.3 Å². The van der Waals surface area contributed by atoms with Crippen LogP contribution in [0.4, 0.5) is 0 Å². The second-order valence-electron chi connectivity index (χ2n) is 3.96. The van der Waals surface area contributed by atoms with Crippen molar-refractivity contribution < 1.29 is 0 Å². The number of hydrogen-bond acceptors (Lipinski definition) is 3. The third-order valence-corrected chi connectivity index (χ3v) is 2.55. The molecular formula is C10H17N3O2. The topological polar surface area (TPSA) is 70.0 Å². The summed E-state index contributed by atoms with van der Waals surface area (Å²) in [6.07, 6.45) is 0.535.